The predicted molar refractivity (Wildman–Crippen MR) is 73.5 cm³/mol. The molecule has 1 heterocycles. The van der Waals surface area contributed by atoms with Gasteiger partial charge in [-0.25, -0.2) is 4.39 Å². The van der Waals surface area contributed by atoms with Gasteiger partial charge >= 0.3 is 0 Å². The lowest BCUT2D eigenvalue weighted by molar-refractivity contribution is 0.0704. The summed E-state index contributed by atoms with van der Waals surface area (Å²) >= 11 is 0. The van der Waals surface area contributed by atoms with Crippen LogP contribution in [0.2, 0.25) is 0 Å². The smallest absolute Gasteiger partial charge is 0.217 e. The Hall–Kier alpha value is -2.23. The zero-order valence-electron chi connectivity index (χ0n) is 11.1. The molecule has 0 amide bonds. The molecule has 0 aliphatic carbocycles. The Labute approximate surface area is 116 Å². The lowest BCUT2D eigenvalue weighted by atomic mass is 9.90. The van der Waals surface area contributed by atoms with Crippen molar-refractivity contribution in [2.45, 2.75) is 18.9 Å². The summed E-state index contributed by atoms with van der Waals surface area (Å²) in [6, 6.07) is 13.0. The summed E-state index contributed by atoms with van der Waals surface area (Å²) in [6.07, 6.45) is 0.310. The zero-order chi connectivity index (χ0) is 14.6. The van der Waals surface area contributed by atoms with E-state index in [9.17, 15) is 8.78 Å². The maximum Gasteiger partial charge on any atom is 0.217 e. The van der Waals surface area contributed by atoms with E-state index in [4.69, 9.17) is 4.74 Å². The molecule has 1 aromatic heterocycles. The van der Waals surface area contributed by atoms with Gasteiger partial charge in [-0.2, -0.15) is 9.37 Å². The molecule has 0 N–H and O–H groups in total. The molecular weight excluding hydrogens is 260 g/mol. The first-order valence-electron chi connectivity index (χ1n) is 6.30. The van der Waals surface area contributed by atoms with Crippen molar-refractivity contribution in [3.63, 3.8) is 0 Å². The van der Waals surface area contributed by atoms with E-state index in [-0.39, 0.29) is 5.88 Å². The van der Waals surface area contributed by atoms with E-state index < -0.39 is 17.4 Å². The minimum atomic E-state index is -1.36. The zero-order valence-corrected chi connectivity index (χ0v) is 11.1. The lowest BCUT2D eigenvalue weighted by Crippen LogP contribution is -2.33. The average molecular weight is 275 g/mol. The Kier molecular flexibility index (Phi) is 4.13. The molecule has 2 aromatic rings. The molecule has 0 radical (unpaired) electrons. The van der Waals surface area contributed by atoms with E-state index >= 15 is 0 Å². The van der Waals surface area contributed by atoms with Crippen LogP contribution in [0.3, 0.4) is 0 Å². The second-order valence-corrected chi connectivity index (χ2v) is 4.35. The number of ether oxygens (including phenoxy) is 1. The number of pyridine rings is 1. The summed E-state index contributed by atoms with van der Waals surface area (Å²) < 4.78 is 32.8. The molecule has 1 atom stereocenters. The Morgan fingerprint density at radius 2 is 1.90 bits per heavy atom. The van der Waals surface area contributed by atoms with Crippen LogP contribution in [-0.4, -0.2) is 4.98 Å². The van der Waals surface area contributed by atoms with Gasteiger partial charge < -0.3 is 4.74 Å². The van der Waals surface area contributed by atoms with Crippen molar-refractivity contribution in [2.24, 2.45) is 0 Å². The van der Waals surface area contributed by atoms with Gasteiger partial charge in [-0.15, -0.1) is 0 Å². The number of rotatable bonds is 5. The second kappa shape index (κ2) is 5.82. The molecule has 0 bridgehead atoms. The molecule has 104 valence electrons. The molecular formula is C16H15F2NO. The number of hydrogen-bond donors (Lipinski definition) is 0. The fourth-order valence-corrected chi connectivity index (χ4v) is 2.07. The third-order valence-electron chi connectivity index (χ3n) is 3.14. The van der Waals surface area contributed by atoms with Crippen molar-refractivity contribution in [1.29, 1.82) is 0 Å². The van der Waals surface area contributed by atoms with Crippen LogP contribution in [0.4, 0.5) is 8.78 Å². The van der Waals surface area contributed by atoms with E-state index in [1.165, 1.54) is 18.2 Å². The first kappa shape index (κ1) is 14.2. The highest BCUT2D eigenvalue weighted by molar-refractivity contribution is 5.31. The van der Waals surface area contributed by atoms with Crippen molar-refractivity contribution in [3.8, 4) is 5.88 Å². The summed E-state index contributed by atoms with van der Waals surface area (Å²) in [6.45, 7) is 5.16. The normalized spacial score (nSPS) is 13.6. The molecule has 20 heavy (non-hydrogen) atoms. The Balaban J connectivity index is 2.45. The Morgan fingerprint density at radius 1 is 1.20 bits per heavy atom. The molecule has 2 nitrogen and oxygen atoms in total. The van der Waals surface area contributed by atoms with Gasteiger partial charge in [-0.05, 0) is 12.5 Å². The second-order valence-electron chi connectivity index (χ2n) is 4.35. The predicted octanol–water partition coefficient (Wildman–Crippen LogP) is 4.39. The molecule has 0 saturated heterocycles. The van der Waals surface area contributed by atoms with E-state index in [0.29, 0.717) is 12.0 Å². The van der Waals surface area contributed by atoms with Crippen molar-refractivity contribution in [2.75, 3.05) is 0 Å². The van der Waals surface area contributed by atoms with E-state index in [1.807, 2.05) is 6.07 Å². The minimum Gasteiger partial charge on any atom is -0.459 e. The monoisotopic (exact) mass is 275 g/mol. The van der Waals surface area contributed by atoms with Crippen molar-refractivity contribution >= 4 is 0 Å². The van der Waals surface area contributed by atoms with Crippen LogP contribution in [0.25, 0.3) is 0 Å². The van der Waals surface area contributed by atoms with Gasteiger partial charge in [-0.1, -0.05) is 49.9 Å². The summed E-state index contributed by atoms with van der Waals surface area (Å²) in [5, 5.41) is 0. The van der Waals surface area contributed by atoms with Gasteiger partial charge in [0.05, 0.1) is 0 Å². The topological polar surface area (TPSA) is 22.1 Å². The molecule has 0 saturated carbocycles. The van der Waals surface area contributed by atoms with Crippen LogP contribution in [-0.2, 0) is 5.60 Å². The molecule has 0 aliphatic rings. The number of hydrogen-bond acceptors (Lipinski definition) is 2. The molecule has 1 aromatic carbocycles. The van der Waals surface area contributed by atoms with Gasteiger partial charge in [-0.3, -0.25) is 0 Å². The molecule has 1 unspecified atom stereocenters. The van der Waals surface area contributed by atoms with Gasteiger partial charge in [0.1, 0.15) is 5.83 Å². The molecule has 0 spiro atoms. The molecule has 2 rings (SSSR count). The lowest BCUT2D eigenvalue weighted by Gasteiger charge is -2.31. The third kappa shape index (κ3) is 2.69. The summed E-state index contributed by atoms with van der Waals surface area (Å²) in [5.41, 5.74) is -0.747. The van der Waals surface area contributed by atoms with E-state index in [1.54, 1.807) is 31.2 Å². The minimum absolute atomic E-state index is 0.0227. The molecule has 0 fully saturated rings. The Morgan fingerprint density at radius 3 is 2.45 bits per heavy atom. The number of nitrogens with zero attached hydrogens (tertiary/aromatic N) is 1. The summed E-state index contributed by atoms with van der Waals surface area (Å²) in [5.74, 6) is -1.29. The van der Waals surface area contributed by atoms with Crippen LogP contribution in [0.15, 0.2) is 60.9 Å². The first-order valence-corrected chi connectivity index (χ1v) is 6.30. The molecule has 0 aliphatic heterocycles. The average Bonchev–Trinajstić information content (AvgIpc) is 2.45. The standard InChI is InChI=1S/C16H15F2NO/c1-3-16(12(2)17,13-8-5-4-6-9-13)20-15-11-7-10-14(18)19-15/h4-11H,2-3H2,1H3. The Bertz CT molecular complexity index is 600. The maximum atomic E-state index is 14.1. The van der Waals surface area contributed by atoms with Gasteiger partial charge in [0, 0.05) is 11.6 Å². The maximum absolute atomic E-state index is 14.1. The van der Waals surface area contributed by atoms with Crippen molar-refractivity contribution in [1.82, 2.24) is 4.98 Å². The van der Waals surface area contributed by atoms with Crippen LogP contribution in [0, 0.1) is 5.95 Å². The summed E-state index contributed by atoms with van der Waals surface area (Å²) in [4.78, 5) is 3.62. The van der Waals surface area contributed by atoms with Crippen LogP contribution in [0.5, 0.6) is 5.88 Å². The van der Waals surface area contributed by atoms with Gasteiger partial charge in [0.15, 0.2) is 5.60 Å². The summed E-state index contributed by atoms with van der Waals surface area (Å²) in [7, 11) is 0. The highest BCUT2D eigenvalue weighted by Crippen LogP contribution is 2.37. The number of aromatic nitrogens is 1. The highest BCUT2D eigenvalue weighted by Gasteiger charge is 2.37. The largest absolute Gasteiger partial charge is 0.459 e. The van der Waals surface area contributed by atoms with Crippen molar-refractivity contribution in [3.05, 3.63) is 72.4 Å². The fraction of sp³-hybridized carbons (Fsp3) is 0.188. The number of halogens is 2. The van der Waals surface area contributed by atoms with Gasteiger partial charge in [0.25, 0.3) is 0 Å². The van der Waals surface area contributed by atoms with Gasteiger partial charge in [0.2, 0.25) is 11.8 Å². The highest BCUT2D eigenvalue weighted by atomic mass is 19.1. The number of benzene rings is 1. The fourth-order valence-electron chi connectivity index (χ4n) is 2.07. The SMILES string of the molecule is C=C(F)C(CC)(Oc1cccc(F)n1)c1ccccc1. The van der Waals surface area contributed by atoms with Crippen molar-refractivity contribution < 1.29 is 13.5 Å². The van der Waals surface area contributed by atoms with Crippen LogP contribution >= 0.6 is 0 Å². The quantitative estimate of drug-likeness (QED) is 0.755. The van der Waals surface area contributed by atoms with Crippen LogP contribution in [0.1, 0.15) is 18.9 Å². The first-order chi connectivity index (χ1) is 9.58. The third-order valence-corrected chi connectivity index (χ3v) is 3.14. The van der Waals surface area contributed by atoms with E-state index in [2.05, 4.69) is 11.6 Å². The van der Waals surface area contributed by atoms with E-state index in [0.717, 1.165) is 0 Å². The van der Waals surface area contributed by atoms with Crippen LogP contribution < -0.4 is 4.74 Å². The molecule has 4 heteroatoms.